The highest BCUT2D eigenvalue weighted by atomic mass is 19.3. The lowest BCUT2D eigenvalue weighted by atomic mass is 9.68. The standard InChI is InChI=1S/C24H28.C20H30.C16H11F4NO.C16H14.C16H24.C15H9F4NO.C14H26.C12H15N/c1-18-4-8-21(9-5-18)12-14-24-15-13-23(16-20(24)3)17-22-10-6-19(2)7-11-22;1-15-3-7-17(8-4-15)19-11-13-20(14-12-19)18-9-5-16(2)6-10-18;1-2-10-3-5-11(6-4-10)16(19,20)22-12-7-14(17)13(9-21)15(18)8-12;1-13-3-7-15(8-4-13)11-12-16-9-5-14(2)6-10-16;1-3-4-14-7-11-16(12-8-14)15-9-5-13(2)6-10-15;1-9-2-4-10(5-3-9)15(18,19)21-11-6-13(16)12(8-20)14(17)7-11;1-11-3-7-13(8-4-11)14-9-5-12(2)6-10-14;1-4-5-11-6-9(2)12(8-13)10(3)7-11/h4-5,8-9,13,15-16,19,22H,6-7,10-11,17H2,1-3H3;3-4,7-8,16,18-20H,5-6,9-14H2,1-2H3;3-8H,2H2,1H3;3-10H,1-2H3;7-8,11-13,15H,3-6,9-10H2,1-2H3;2-7H,1H3;11-14H,3-10H2,1-2H3;6-7H,4-5H2,1-3H3. The first-order valence-corrected chi connectivity index (χ1v) is 54.1. The van der Waals surface area contributed by atoms with Crippen LogP contribution in [-0.4, -0.2) is 0 Å². The molecule has 0 amide bonds. The predicted molar refractivity (Wildman–Crippen MR) is 584 cm³/mol. The van der Waals surface area contributed by atoms with E-state index in [9.17, 15) is 35.1 Å². The molecule has 6 saturated carbocycles. The quantitative estimate of drug-likeness (QED) is 0.0669. The molecule has 146 heavy (non-hydrogen) atoms. The normalized spacial score (nSPS) is 20.4. The number of benzene rings is 11. The minimum Gasteiger partial charge on any atom is -0.429 e. The molecule has 11 aromatic carbocycles. The van der Waals surface area contributed by atoms with Crippen LogP contribution in [0.1, 0.15) is 362 Å². The van der Waals surface area contributed by atoms with Gasteiger partial charge >= 0.3 is 12.2 Å². The summed E-state index contributed by atoms with van der Waals surface area (Å²) in [5.41, 5.74) is 20.5. The van der Waals surface area contributed by atoms with Crippen LogP contribution in [0.25, 0.3) is 0 Å². The minimum atomic E-state index is -3.75. The Hall–Kier alpha value is -12.0. The summed E-state index contributed by atoms with van der Waals surface area (Å²) in [6.45, 7) is 34.7. The zero-order chi connectivity index (χ0) is 105. The number of hydrogen-bond donors (Lipinski definition) is 0. The maximum absolute atomic E-state index is 14.0. The molecule has 17 rings (SSSR count). The van der Waals surface area contributed by atoms with Crippen LogP contribution in [0.15, 0.2) is 224 Å². The van der Waals surface area contributed by atoms with Crippen LogP contribution in [-0.2, 0) is 37.9 Å². The lowest BCUT2D eigenvalue weighted by molar-refractivity contribution is -0.186. The number of ether oxygens (including phenoxy) is 2. The van der Waals surface area contributed by atoms with E-state index in [1.54, 1.807) is 43.7 Å². The van der Waals surface area contributed by atoms with Crippen LogP contribution in [0, 0.1) is 196 Å². The molecule has 13 heteroatoms. The molecule has 6 aliphatic rings. The van der Waals surface area contributed by atoms with Gasteiger partial charge in [-0.05, 0) is 359 Å². The molecule has 772 valence electrons. The van der Waals surface area contributed by atoms with Crippen molar-refractivity contribution in [2.75, 3.05) is 0 Å². The smallest absolute Gasteiger partial charge is 0.426 e. The summed E-state index contributed by atoms with van der Waals surface area (Å²) in [7, 11) is 0. The van der Waals surface area contributed by atoms with Crippen molar-refractivity contribution < 1.29 is 44.6 Å². The maximum atomic E-state index is 14.0. The van der Waals surface area contributed by atoms with Crippen molar-refractivity contribution >= 4 is 0 Å². The molecular formula is C133H157F8N3O2. The van der Waals surface area contributed by atoms with Crippen molar-refractivity contribution in [1.29, 1.82) is 15.8 Å². The summed E-state index contributed by atoms with van der Waals surface area (Å²) >= 11 is 0. The number of rotatable bonds is 17. The van der Waals surface area contributed by atoms with Crippen molar-refractivity contribution in [2.45, 2.75) is 327 Å². The fraction of sp³-hybridized carbons (Fsp3) is 0.451. The molecule has 0 aromatic heterocycles. The highest BCUT2D eigenvalue weighted by Gasteiger charge is 2.38. The lowest BCUT2D eigenvalue weighted by Crippen LogP contribution is -2.24. The largest absolute Gasteiger partial charge is 0.429 e. The molecule has 0 spiro atoms. The summed E-state index contributed by atoms with van der Waals surface area (Å²) in [4.78, 5) is 0. The second-order valence-corrected chi connectivity index (χ2v) is 43.0. The molecule has 6 aliphatic carbocycles. The van der Waals surface area contributed by atoms with E-state index in [1.165, 1.54) is 241 Å². The molecule has 0 unspecified atom stereocenters. The van der Waals surface area contributed by atoms with Gasteiger partial charge in [0, 0.05) is 46.5 Å². The number of alkyl halides is 4. The van der Waals surface area contributed by atoms with Crippen LogP contribution < -0.4 is 9.47 Å². The summed E-state index contributed by atoms with van der Waals surface area (Å²) < 4.78 is 118. The second kappa shape index (κ2) is 58.6. The summed E-state index contributed by atoms with van der Waals surface area (Å²) in [6.07, 6.45) is 34.4. The van der Waals surface area contributed by atoms with Crippen LogP contribution in [0.2, 0.25) is 0 Å². The van der Waals surface area contributed by atoms with Crippen LogP contribution in [0.5, 0.6) is 11.5 Å². The Morgan fingerprint density at radius 1 is 0.288 bits per heavy atom. The van der Waals surface area contributed by atoms with Crippen molar-refractivity contribution in [1.82, 2.24) is 0 Å². The molecule has 11 aromatic rings. The van der Waals surface area contributed by atoms with Crippen molar-refractivity contribution in [3.05, 3.63) is 376 Å². The Bertz CT molecular complexity index is 5960. The topological polar surface area (TPSA) is 89.8 Å². The van der Waals surface area contributed by atoms with E-state index in [0.29, 0.717) is 30.7 Å². The predicted octanol–water partition coefficient (Wildman–Crippen LogP) is 37.4. The Balaban J connectivity index is 0.000000172. The van der Waals surface area contributed by atoms with Crippen molar-refractivity contribution in [3.8, 4) is 53.4 Å². The SMILES string of the molecule is CC1CCC(C2CCC(C)CC2)CC1.CCCc1cc(C)c(C#N)c(C)c1.CCCc1ccc(C2CCC(C)CC2)cc1.CCc1ccc(C(F)(F)Oc2cc(F)c(C#N)c(F)c2)cc1.Cc1ccc(C#Cc2ccc(C)cc2)cc1.Cc1ccc(C#Cc2ccc(CC3CCC(C)CC3)cc2C)cc1.Cc1ccc(C(F)(F)Oc2cc(F)c(C#N)c(F)c2)cc1.Cc1ccc(C2CCC(C3CCC(C)CC3)CC2)cc1. The summed E-state index contributed by atoms with van der Waals surface area (Å²) in [5, 5.41) is 25.9. The third kappa shape index (κ3) is 37.8. The molecule has 0 atom stereocenters. The van der Waals surface area contributed by atoms with E-state index >= 15 is 0 Å². The number of halogens is 8. The van der Waals surface area contributed by atoms with Gasteiger partial charge in [0.2, 0.25) is 0 Å². The van der Waals surface area contributed by atoms with Crippen LogP contribution in [0.3, 0.4) is 0 Å². The Labute approximate surface area is 870 Å². The third-order valence-electron chi connectivity index (χ3n) is 30.7. The van der Waals surface area contributed by atoms with Gasteiger partial charge in [0.25, 0.3) is 0 Å². The average molecular weight is 1980 g/mol. The molecule has 0 N–H and O–H groups in total. The van der Waals surface area contributed by atoms with Gasteiger partial charge in [-0.2, -0.15) is 33.3 Å². The fourth-order valence-corrected chi connectivity index (χ4v) is 21.1. The Kier molecular flexibility index (Phi) is 46.5. The molecule has 0 saturated heterocycles. The van der Waals surface area contributed by atoms with E-state index in [-0.39, 0.29) is 0 Å². The van der Waals surface area contributed by atoms with Crippen LogP contribution >= 0.6 is 0 Å². The van der Waals surface area contributed by atoms with E-state index < -0.39 is 69.2 Å². The first-order valence-electron chi connectivity index (χ1n) is 54.1. The van der Waals surface area contributed by atoms with E-state index in [0.717, 1.165) is 146 Å². The number of aryl methyl sites for hydroxylation is 11. The molecule has 5 nitrogen and oxygen atoms in total. The Morgan fingerprint density at radius 2 is 0.562 bits per heavy atom. The third-order valence-corrected chi connectivity index (χ3v) is 30.7. The number of hydrogen-bond acceptors (Lipinski definition) is 5. The summed E-state index contributed by atoms with van der Waals surface area (Å²) in [5.74, 6) is 18.3. The van der Waals surface area contributed by atoms with Crippen molar-refractivity contribution in [3.63, 3.8) is 0 Å². The first kappa shape index (κ1) is 116. The summed E-state index contributed by atoms with van der Waals surface area (Å²) in [6, 6.07) is 72.4. The number of nitrogens with zero attached hydrogens (tertiary/aromatic N) is 3. The van der Waals surface area contributed by atoms with Gasteiger partial charge in [-0.3, -0.25) is 0 Å². The minimum absolute atomic E-state index is 0.435. The van der Waals surface area contributed by atoms with E-state index in [2.05, 4.69) is 274 Å². The average Bonchev–Trinajstić information content (AvgIpc) is 0.957. The second-order valence-electron chi connectivity index (χ2n) is 43.0. The fourth-order valence-electron chi connectivity index (χ4n) is 21.1. The molecule has 6 fully saturated rings. The molecule has 0 radical (unpaired) electrons. The van der Waals surface area contributed by atoms with Gasteiger partial charge < -0.3 is 9.47 Å². The zero-order valence-corrected chi connectivity index (χ0v) is 89.7. The number of nitriles is 3. The molecule has 0 heterocycles. The van der Waals surface area contributed by atoms with Gasteiger partial charge in [0.1, 0.15) is 58.0 Å². The van der Waals surface area contributed by atoms with Crippen molar-refractivity contribution in [2.24, 2.45) is 59.2 Å². The highest BCUT2D eigenvalue weighted by molar-refractivity contribution is 5.50. The molecule has 0 aliphatic heterocycles. The van der Waals surface area contributed by atoms with E-state index in [1.807, 2.05) is 20.8 Å². The monoisotopic (exact) mass is 1980 g/mol. The van der Waals surface area contributed by atoms with Gasteiger partial charge in [-0.1, -0.05) is 317 Å². The highest BCUT2D eigenvalue weighted by Crippen LogP contribution is 2.46. The van der Waals surface area contributed by atoms with E-state index in [4.69, 9.17) is 15.8 Å². The molecule has 0 bridgehead atoms. The maximum Gasteiger partial charge on any atom is 0.426 e. The van der Waals surface area contributed by atoms with Crippen LogP contribution in [0.4, 0.5) is 35.1 Å². The first-order chi connectivity index (χ1) is 70.0. The van der Waals surface area contributed by atoms with Gasteiger partial charge in [-0.15, -0.1) is 0 Å². The van der Waals surface area contributed by atoms with Gasteiger partial charge in [-0.25, -0.2) is 17.6 Å². The Morgan fingerprint density at radius 3 is 0.897 bits per heavy atom. The molecular weight excluding hydrogens is 1820 g/mol. The zero-order valence-electron chi connectivity index (χ0n) is 89.7. The van der Waals surface area contributed by atoms with Gasteiger partial charge in [0.15, 0.2) is 0 Å². The van der Waals surface area contributed by atoms with Gasteiger partial charge in [0.05, 0.1) is 22.8 Å². The lowest BCUT2D eigenvalue weighted by Gasteiger charge is -2.37.